The van der Waals surface area contributed by atoms with Gasteiger partial charge in [-0.05, 0) is 6.07 Å². The van der Waals surface area contributed by atoms with Crippen LogP contribution in [0.4, 0.5) is 0 Å². The first kappa shape index (κ1) is 10.1. The zero-order valence-corrected chi connectivity index (χ0v) is 8.98. The highest BCUT2D eigenvalue weighted by Crippen LogP contribution is 2.15. The molecule has 0 aliphatic carbocycles. The lowest BCUT2D eigenvalue weighted by atomic mass is 10.1. The molecule has 0 amide bonds. The van der Waals surface area contributed by atoms with Gasteiger partial charge in [0, 0.05) is 24.1 Å². The molecule has 0 spiro atoms. The summed E-state index contributed by atoms with van der Waals surface area (Å²) in [6.45, 7) is 0. The molecule has 0 aliphatic rings. The molecule has 0 N–H and O–H groups in total. The molecule has 0 bridgehead atoms. The maximum absolute atomic E-state index is 5.65. The SMILES string of the molecule is ClCCc1nccc(-c2ccccc2)n1. The van der Waals surface area contributed by atoms with Crippen LogP contribution in [0, 0.1) is 0 Å². The highest BCUT2D eigenvalue weighted by molar-refractivity contribution is 6.17. The summed E-state index contributed by atoms with van der Waals surface area (Å²) in [5, 5.41) is 0. The third-order valence-corrected chi connectivity index (χ3v) is 2.28. The summed E-state index contributed by atoms with van der Waals surface area (Å²) >= 11 is 5.65. The highest BCUT2D eigenvalue weighted by Gasteiger charge is 2.00. The summed E-state index contributed by atoms with van der Waals surface area (Å²) in [6, 6.07) is 12.0. The molecule has 0 unspecified atom stereocenters. The van der Waals surface area contributed by atoms with Crippen molar-refractivity contribution in [2.24, 2.45) is 0 Å². The standard InChI is InChI=1S/C12H11ClN2/c13-8-6-12-14-9-7-11(15-12)10-4-2-1-3-5-10/h1-5,7,9H,6,8H2. The molecule has 2 rings (SSSR count). The first-order valence-corrected chi connectivity index (χ1v) is 5.37. The fourth-order valence-electron chi connectivity index (χ4n) is 1.37. The number of rotatable bonds is 3. The average molecular weight is 219 g/mol. The van der Waals surface area contributed by atoms with Crippen LogP contribution in [0.5, 0.6) is 0 Å². The third-order valence-electron chi connectivity index (χ3n) is 2.09. The maximum atomic E-state index is 5.65. The van der Waals surface area contributed by atoms with Crippen molar-refractivity contribution in [1.29, 1.82) is 0 Å². The van der Waals surface area contributed by atoms with Gasteiger partial charge in [0.1, 0.15) is 5.82 Å². The number of halogens is 1. The molecule has 0 atom stereocenters. The number of alkyl halides is 1. The van der Waals surface area contributed by atoms with E-state index in [1.54, 1.807) is 6.20 Å². The Morgan fingerprint density at radius 1 is 1.07 bits per heavy atom. The van der Waals surface area contributed by atoms with Gasteiger partial charge in [-0.3, -0.25) is 0 Å². The predicted molar refractivity (Wildman–Crippen MR) is 61.9 cm³/mol. The Morgan fingerprint density at radius 2 is 1.87 bits per heavy atom. The summed E-state index contributed by atoms with van der Waals surface area (Å²) < 4.78 is 0. The summed E-state index contributed by atoms with van der Waals surface area (Å²) in [5.41, 5.74) is 2.06. The topological polar surface area (TPSA) is 25.8 Å². The molecular formula is C12H11ClN2. The van der Waals surface area contributed by atoms with Gasteiger partial charge in [-0.1, -0.05) is 30.3 Å². The minimum absolute atomic E-state index is 0.554. The molecule has 0 saturated heterocycles. The van der Waals surface area contributed by atoms with Crippen LogP contribution in [-0.2, 0) is 6.42 Å². The van der Waals surface area contributed by atoms with E-state index >= 15 is 0 Å². The second-order valence-corrected chi connectivity index (χ2v) is 3.54. The fourth-order valence-corrected chi connectivity index (χ4v) is 1.54. The van der Waals surface area contributed by atoms with Gasteiger partial charge in [0.2, 0.25) is 0 Å². The minimum Gasteiger partial charge on any atom is -0.241 e. The number of hydrogen-bond donors (Lipinski definition) is 0. The second-order valence-electron chi connectivity index (χ2n) is 3.16. The Hall–Kier alpha value is -1.41. The normalized spacial score (nSPS) is 10.2. The zero-order chi connectivity index (χ0) is 10.5. The van der Waals surface area contributed by atoms with Crippen molar-refractivity contribution in [1.82, 2.24) is 9.97 Å². The highest BCUT2D eigenvalue weighted by atomic mass is 35.5. The zero-order valence-electron chi connectivity index (χ0n) is 8.23. The van der Waals surface area contributed by atoms with Gasteiger partial charge in [-0.15, -0.1) is 11.6 Å². The van der Waals surface area contributed by atoms with Gasteiger partial charge in [-0.2, -0.15) is 0 Å². The van der Waals surface area contributed by atoms with Crippen LogP contribution < -0.4 is 0 Å². The first-order valence-electron chi connectivity index (χ1n) is 4.83. The van der Waals surface area contributed by atoms with Gasteiger partial charge in [0.25, 0.3) is 0 Å². The Bertz CT molecular complexity index is 429. The smallest absolute Gasteiger partial charge is 0.130 e. The molecule has 76 valence electrons. The second kappa shape index (κ2) is 4.89. The van der Waals surface area contributed by atoms with Gasteiger partial charge in [0.05, 0.1) is 5.69 Å². The molecule has 1 aromatic heterocycles. The van der Waals surface area contributed by atoms with Crippen molar-refractivity contribution in [3.8, 4) is 11.3 Å². The molecule has 2 aromatic rings. The maximum Gasteiger partial charge on any atom is 0.130 e. The van der Waals surface area contributed by atoms with Gasteiger partial charge in [-0.25, -0.2) is 9.97 Å². The summed E-state index contributed by atoms with van der Waals surface area (Å²) in [5.74, 6) is 1.35. The van der Waals surface area contributed by atoms with Crippen molar-refractivity contribution in [3.63, 3.8) is 0 Å². The molecule has 0 aliphatic heterocycles. The number of aromatic nitrogens is 2. The minimum atomic E-state index is 0.554. The largest absolute Gasteiger partial charge is 0.241 e. The lowest BCUT2D eigenvalue weighted by Gasteiger charge is -2.02. The van der Waals surface area contributed by atoms with Crippen LogP contribution in [0.25, 0.3) is 11.3 Å². The van der Waals surface area contributed by atoms with E-state index in [2.05, 4.69) is 9.97 Å². The average Bonchev–Trinajstić information content (AvgIpc) is 2.31. The van der Waals surface area contributed by atoms with Gasteiger partial charge < -0.3 is 0 Å². The van der Waals surface area contributed by atoms with E-state index in [4.69, 9.17) is 11.6 Å². The van der Waals surface area contributed by atoms with E-state index in [9.17, 15) is 0 Å². The third kappa shape index (κ3) is 2.54. The Balaban J connectivity index is 2.33. The van der Waals surface area contributed by atoms with Crippen molar-refractivity contribution in [2.75, 3.05) is 5.88 Å². The van der Waals surface area contributed by atoms with Gasteiger partial charge >= 0.3 is 0 Å². The van der Waals surface area contributed by atoms with Crippen LogP contribution in [0.3, 0.4) is 0 Å². The summed E-state index contributed by atoms with van der Waals surface area (Å²) in [6.07, 6.45) is 2.49. The van der Waals surface area contributed by atoms with Crippen LogP contribution in [0.1, 0.15) is 5.82 Å². The molecule has 1 aromatic carbocycles. The van der Waals surface area contributed by atoms with Crippen LogP contribution in [0.15, 0.2) is 42.6 Å². The van der Waals surface area contributed by atoms with E-state index < -0.39 is 0 Å². The van der Waals surface area contributed by atoms with Crippen molar-refractivity contribution < 1.29 is 0 Å². The van der Waals surface area contributed by atoms with Crippen molar-refractivity contribution >= 4 is 11.6 Å². The van der Waals surface area contributed by atoms with Crippen LogP contribution in [-0.4, -0.2) is 15.8 Å². The quantitative estimate of drug-likeness (QED) is 0.741. The lowest BCUT2D eigenvalue weighted by molar-refractivity contribution is 0.948. The van der Waals surface area contributed by atoms with Crippen molar-refractivity contribution in [3.05, 3.63) is 48.4 Å². The molecule has 2 nitrogen and oxygen atoms in total. The molecule has 15 heavy (non-hydrogen) atoms. The van der Waals surface area contributed by atoms with Crippen molar-refractivity contribution in [2.45, 2.75) is 6.42 Å². The van der Waals surface area contributed by atoms with E-state index in [1.165, 1.54) is 0 Å². The Labute approximate surface area is 94.0 Å². The Morgan fingerprint density at radius 3 is 2.60 bits per heavy atom. The first-order chi connectivity index (χ1) is 7.40. The van der Waals surface area contributed by atoms with E-state index in [0.29, 0.717) is 12.3 Å². The fraction of sp³-hybridized carbons (Fsp3) is 0.167. The van der Waals surface area contributed by atoms with Crippen LogP contribution in [0.2, 0.25) is 0 Å². The monoisotopic (exact) mass is 218 g/mol. The summed E-state index contributed by atoms with van der Waals surface area (Å²) in [7, 11) is 0. The number of aryl methyl sites for hydroxylation is 1. The molecule has 0 fully saturated rings. The molecular weight excluding hydrogens is 208 g/mol. The lowest BCUT2D eigenvalue weighted by Crippen LogP contribution is -1.96. The van der Waals surface area contributed by atoms with E-state index in [0.717, 1.165) is 17.1 Å². The molecule has 0 radical (unpaired) electrons. The van der Waals surface area contributed by atoms with Crippen LogP contribution >= 0.6 is 11.6 Å². The summed E-state index contributed by atoms with van der Waals surface area (Å²) in [4.78, 5) is 8.60. The molecule has 1 heterocycles. The Kier molecular flexibility index (Phi) is 3.30. The van der Waals surface area contributed by atoms with E-state index in [-0.39, 0.29) is 0 Å². The number of hydrogen-bond acceptors (Lipinski definition) is 2. The molecule has 0 saturated carbocycles. The van der Waals surface area contributed by atoms with E-state index in [1.807, 2.05) is 36.4 Å². The number of benzene rings is 1. The predicted octanol–water partition coefficient (Wildman–Crippen LogP) is 2.92. The van der Waals surface area contributed by atoms with Gasteiger partial charge in [0.15, 0.2) is 0 Å². The molecule has 3 heteroatoms. The number of nitrogens with zero attached hydrogens (tertiary/aromatic N) is 2.